The maximum atomic E-state index is 13.0. The van der Waals surface area contributed by atoms with Crippen molar-refractivity contribution in [2.24, 2.45) is 4.99 Å². The average molecular weight is 492 g/mol. The van der Waals surface area contributed by atoms with Crippen LogP contribution in [0, 0.1) is 0 Å². The van der Waals surface area contributed by atoms with Crippen molar-refractivity contribution < 1.29 is 9.21 Å². The third-order valence-electron chi connectivity index (χ3n) is 5.00. The fourth-order valence-electron chi connectivity index (χ4n) is 3.37. The Balaban J connectivity index is 1.40. The Bertz CT molecular complexity index is 1380. The van der Waals surface area contributed by atoms with Gasteiger partial charge in [0.15, 0.2) is 5.17 Å². The van der Waals surface area contributed by atoms with E-state index in [4.69, 9.17) is 16.0 Å². The summed E-state index contributed by atoms with van der Waals surface area (Å²) in [4.78, 5) is 24.5. The molecule has 0 atom stereocenters. The SMILES string of the molecule is CCN1C(=O)/C(=C\c2ccc(-c3ccccc3Cl)o2)S/C1=N/c1nc(-c2ccccc2)cs1. The fraction of sp³-hybridized carbons (Fsp3) is 0.0800. The second kappa shape index (κ2) is 9.39. The number of furan rings is 1. The van der Waals surface area contributed by atoms with Gasteiger partial charge < -0.3 is 4.42 Å². The number of amides is 1. The van der Waals surface area contributed by atoms with E-state index < -0.39 is 0 Å². The summed E-state index contributed by atoms with van der Waals surface area (Å²) < 4.78 is 5.94. The molecule has 0 unspecified atom stereocenters. The topological polar surface area (TPSA) is 58.7 Å². The van der Waals surface area contributed by atoms with E-state index in [1.165, 1.54) is 23.1 Å². The summed E-state index contributed by atoms with van der Waals surface area (Å²) in [6.45, 7) is 2.44. The number of amidine groups is 1. The quantitative estimate of drug-likeness (QED) is 0.274. The number of hydrogen-bond donors (Lipinski definition) is 0. The van der Waals surface area contributed by atoms with Crippen molar-refractivity contribution >= 4 is 57.0 Å². The zero-order valence-corrected chi connectivity index (χ0v) is 20.0. The average Bonchev–Trinajstić information content (AvgIpc) is 3.55. The Hall–Kier alpha value is -3.13. The van der Waals surface area contributed by atoms with Gasteiger partial charge in [0.05, 0.1) is 15.6 Å². The number of aliphatic imine (C=N–C) groups is 1. The van der Waals surface area contributed by atoms with E-state index in [0.29, 0.717) is 38.3 Å². The lowest BCUT2D eigenvalue weighted by atomic mass is 10.2. The lowest BCUT2D eigenvalue weighted by Gasteiger charge is -2.11. The molecule has 2 aromatic heterocycles. The van der Waals surface area contributed by atoms with Crippen LogP contribution in [0.4, 0.5) is 5.13 Å². The van der Waals surface area contributed by atoms with Crippen LogP contribution in [-0.2, 0) is 4.79 Å². The summed E-state index contributed by atoms with van der Waals surface area (Å²) in [5.74, 6) is 1.14. The van der Waals surface area contributed by atoms with Crippen LogP contribution in [0.1, 0.15) is 12.7 Å². The molecule has 0 aliphatic carbocycles. The first-order chi connectivity index (χ1) is 16.1. The van der Waals surface area contributed by atoms with Gasteiger partial charge in [-0.2, -0.15) is 4.99 Å². The van der Waals surface area contributed by atoms with Gasteiger partial charge in [0.2, 0.25) is 5.13 Å². The van der Waals surface area contributed by atoms with Crippen molar-refractivity contribution in [2.45, 2.75) is 6.92 Å². The second-order valence-corrected chi connectivity index (χ2v) is 9.37. The first kappa shape index (κ1) is 21.7. The number of thioether (sulfide) groups is 1. The van der Waals surface area contributed by atoms with Gasteiger partial charge >= 0.3 is 0 Å². The standard InChI is InChI=1S/C25H18ClN3O2S2/c1-2-29-23(30)22(14-17-12-13-21(31-17)18-10-6-7-11-19(18)26)33-25(29)28-24-27-20(15-32-24)16-8-4-3-5-9-16/h3-15H,2H2,1H3/b22-14+,28-25+. The molecule has 0 saturated carbocycles. The maximum absolute atomic E-state index is 13.0. The lowest BCUT2D eigenvalue weighted by Crippen LogP contribution is -2.28. The first-order valence-electron chi connectivity index (χ1n) is 10.3. The van der Waals surface area contributed by atoms with E-state index in [1.807, 2.05) is 79.0 Å². The number of thiazole rings is 1. The molecule has 1 aliphatic heterocycles. The van der Waals surface area contributed by atoms with Gasteiger partial charge in [-0.25, -0.2) is 4.98 Å². The van der Waals surface area contributed by atoms with Crippen molar-refractivity contribution in [1.29, 1.82) is 0 Å². The Morgan fingerprint density at radius 1 is 1.09 bits per heavy atom. The smallest absolute Gasteiger partial charge is 0.266 e. The highest BCUT2D eigenvalue weighted by Gasteiger charge is 2.33. The number of nitrogens with zero attached hydrogens (tertiary/aromatic N) is 3. The minimum Gasteiger partial charge on any atom is -0.457 e. The number of benzene rings is 2. The van der Waals surface area contributed by atoms with Crippen LogP contribution in [0.2, 0.25) is 5.02 Å². The molecular weight excluding hydrogens is 474 g/mol. The molecule has 1 fully saturated rings. The van der Waals surface area contributed by atoms with Crippen molar-refractivity contribution in [3.63, 3.8) is 0 Å². The first-order valence-corrected chi connectivity index (χ1v) is 12.4. The van der Waals surface area contributed by atoms with E-state index in [0.717, 1.165) is 16.8 Å². The highest BCUT2D eigenvalue weighted by Crippen LogP contribution is 2.36. The van der Waals surface area contributed by atoms with Crippen LogP contribution >= 0.6 is 34.7 Å². The van der Waals surface area contributed by atoms with Crippen LogP contribution in [0.3, 0.4) is 0 Å². The molecule has 0 spiro atoms. The minimum atomic E-state index is -0.100. The fourth-order valence-corrected chi connectivity index (χ4v) is 5.38. The normalized spacial score (nSPS) is 16.3. The van der Waals surface area contributed by atoms with Gasteiger partial charge in [0.1, 0.15) is 11.5 Å². The number of likely N-dealkylation sites (N-methyl/N-ethyl adjacent to an activating group) is 1. The number of carbonyl (C=O) groups excluding carboxylic acids is 1. The van der Waals surface area contributed by atoms with E-state index >= 15 is 0 Å². The number of rotatable bonds is 5. The van der Waals surface area contributed by atoms with Crippen LogP contribution in [0.25, 0.3) is 28.7 Å². The molecule has 5 rings (SSSR count). The van der Waals surface area contributed by atoms with Gasteiger partial charge in [-0.05, 0) is 43.0 Å². The van der Waals surface area contributed by atoms with Crippen LogP contribution in [0.5, 0.6) is 0 Å². The monoisotopic (exact) mass is 491 g/mol. The van der Waals surface area contributed by atoms with Crippen molar-refractivity contribution in [2.75, 3.05) is 6.54 Å². The predicted molar refractivity (Wildman–Crippen MR) is 137 cm³/mol. The van der Waals surface area contributed by atoms with Crippen LogP contribution in [-0.4, -0.2) is 27.5 Å². The maximum Gasteiger partial charge on any atom is 0.266 e. The molecule has 4 aromatic rings. The number of carbonyl (C=O) groups is 1. The second-order valence-electron chi connectivity index (χ2n) is 7.12. The van der Waals surface area contributed by atoms with Crippen LogP contribution in [0.15, 0.2) is 86.4 Å². The zero-order chi connectivity index (χ0) is 22.8. The molecule has 0 N–H and O–H groups in total. The minimum absolute atomic E-state index is 0.100. The molecule has 1 aliphatic rings. The molecule has 2 aromatic carbocycles. The molecular formula is C25H18ClN3O2S2. The van der Waals surface area contributed by atoms with E-state index in [9.17, 15) is 4.79 Å². The highest BCUT2D eigenvalue weighted by atomic mass is 35.5. The Labute approximate surface area is 204 Å². The molecule has 3 heterocycles. The van der Waals surface area contributed by atoms with Crippen molar-refractivity contribution in [1.82, 2.24) is 9.88 Å². The largest absolute Gasteiger partial charge is 0.457 e. The Morgan fingerprint density at radius 3 is 2.67 bits per heavy atom. The van der Waals surface area contributed by atoms with E-state index in [1.54, 1.807) is 11.0 Å². The van der Waals surface area contributed by atoms with Gasteiger partial charge in [-0.15, -0.1) is 11.3 Å². The molecule has 0 bridgehead atoms. The van der Waals surface area contributed by atoms with Gasteiger partial charge in [0.25, 0.3) is 5.91 Å². The van der Waals surface area contributed by atoms with Gasteiger partial charge in [-0.3, -0.25) is 9.69 Å². The predicted octanol–water partition coefficient (Wildman–Crippen LogP) is 7.35. The summed E-state index contributed by atoms with van der Waals surface area (Å²) >= 11 is 9.05. The summed E-state index contributed by atoms with van der Waals surface area (Å²) in [6, 6.07) is 21.1. The Morgan fingerprint density at radius 2 is 1.88 bits per heavy atom. The summed E-state index contributed by atoms with van der Waals surface area (Å²) in [5.41, 5.74) is 2.72. The molecule has 0 radical (unpaired) electrons. The number of aromatic nitrogens is 1. The number of hydrogen-bond acceptors (Lipinski definition) is 6. The third kappa shape index (κ3) is 4.53. The van der Waals surface area contributed by atoms with E-state index in [2.05, 4.69) is 9.98 Å². The lowest BCUT2D eigenvalue weighted by molar-refractivity contribution is -0.122. The third-order valence-corrected chi connectivity index (χ3v) is 7.07. The summed E-state index contributed by atoms with van der Waals surface area (Å²) in [5, 5.41) is 3.81. The molecule has 1 saturated heterocycles. The van der Waals surface area contributed by atoms with Crippen LogP contribution < -0.4 is 0 Å². The highest BCUT2D eigenvalue weighted by molar-refractivity contribution is 8.18. The molecule has 5 nitrogen and oxygen atoms in total. The molecule has 33 heavy (non-hydrogen) atoms. The van der Waals surface area contributed by atoms with Crippen molar-refractivity contribution in [3.05, 3.63) is 87.8 Å². The summed E-state index contributed by atoms with van der Waals surface area (Å²) in [7, 11) is 0. The molecule has 1 amide bonds. The Kier molecular flexibility index (Phi) is 6.17. The van der Waals surface area contributed by atoms with Gasteiger partial charge in [-0.1, -0.05) is 54.1 Å². The number of halogens is 1. The van der Waals surface area contributed by atoms with Gasteiger partial charge in [0, 0.05) is 29.1 Å². The van der Waals surface area contributed by atoms with Crippen molar-refractivity contribution in [3.8, 4) is 22.6 Å². The zero-order valence-electron chi connectivity index (χ0n) is 17.6. The molecule has 8 heteroatoms. The van der Waals surface area contributed by atoms with E-state index in [-0.39, 0.29) is 5.91 Å². The molecule has 164 valence electrons. The summed E-state index contributed by atoms with van der Waals surface area (Å²) in [6.07, 6.45) is 1.75.